The van der Waals surface area contributed by atoms with Crippen LogP contribution in [0.1, 0.15) is 6.92 Å². The van der Waals surface area contributed by atoms with Gasteiger partial charge in [-0.3, -0.25) is 4.79 Å². The fourth-order valence-electron chi connectivity index (χ4n) is 3.12. The summed E-state index contributed by atoms with van der Waals surface area (Å²) < 4.78 is 15.9. The van der Waals surface area contributed by atoms with Crippen LogP contribution in [0.4, 0.5) is 10.1 Å². The Morgan fingerprint density at radius 3 is 2.59 bits per heavy atom. The van der Waals surface area contributed by atoms with Crippen LogP contribution in [0, 0.1) is 5.82 Å². The van der Waals surface area contributed by atoms with Gasteiger partial charge in [0, 0.05) is 12.2 Å². The molecular formula is C22H19FN4OS. The summed E-state index contributed by atoms with van der Waals surface area (Å²) in [7, 11) is 0. The van der Waals surface area contributed by atoms with Crippen molar-refractivity contribution in [3.05, 3.63) is 72.5 Å². The zero-order valence-corrected chi connectivity index (χ0v) is 16.6. The predicted octanol–water partition coefficient (Wildman–Crippen LogP) is 4.99. The van der Waals surface area contributed by atoms with E-state index in [-0.39, 0.29) is 17.5 Å². The van der Waals surface area contributed by atoms with Gasteiger partial charge in [-0.1, -0.05) is 54.2 Å². The number of rotatable bonds is 6. The van der Waals surface area contributed by atoms with Crippen molar-refractivity contribution < 1.29 is 9.18 Å². The van der Waals surface area contributed by atoms with Crippen molar-refractivity contribution >= 4 is 34.1 Å². The van der Waals surface area contributed by atoms with Crippen LogP contribution in [0.25, 0.3) is 22.2 Å². The average Bonchev–Trinajstić information content (AvgIpc) is 3.15. The molecule has 1 aromatic heterocycles. The van der Waals surface area contributed by atoms with Gasteiger partial charge in [-0.05, 0) is 42.0 Å². The van der Waals surface area contributed by atoms with Crippen LogP contribution in [0.15, 0.2) is 71.9 Å². The normalized spacial score (nSPS) is 11.0. The van der Waals surface area contributed by atoms with Gasteiger partial charge in [0.2, 0.25) is 5.91 Å². The zero-order valence-electron chi connectivity index (χ0n) is 15.8. The number of nitrogens with zero attached hydrogens (tertiary/aromatic N) is 3. The van der Waals surface area contributed by atoms with Gasteiger partial charge >= 0.3 is 0 Å². The molecule has 0 aliphatic rings. The molecule has 7 heteroatoms. The number of anilines is 1. The fourth-order valence-corrected chi connectivity index (χ4v) is 3.92. The van der Waals surface area contributed by atoms with Crippen LogP contribution in [-0.2, 0) is 11.3 Å². The molecule has 146 valence electrons. The van der Waals surface area contributed by atoms with Crippen LogP contribution in [0.2, 0.25) is 0 Å². The van der Waals surface area contributed by atoms with Crippen molar-refractivity contribution in [2.75, 3.05) is 11.1 Å². The van der Waals surface area contributed by atoms with Crippen molar-refractivity contribution in [2.24, 2.45) is 0 Å². The molecule has 1 amide bonds. The van der Waals surface area contributed by atoms with Gasteiger partial charge in [0.1, 0.15) is 5.82 Å². The summed E-state index contributed by atoms with van der Waals surface area (Å²) in [6.45, 7) is 2.51. The predicted molar refractivity (Wildman–Crippen MR) is 114 cm³/mol. The maximum absolute atomic E-state index is 14.1. The lowest BCUT2D eigenvalue weighted by atomic mass is 10.1. The second-order valence-electron chi connectivity index (χ2n) is 6.43. The number of carbonyl (C=O) groups excluding carboxylic acids is 1. The lowest BCUT2D eigenvalue weighted by Crippen LogP contribution is -2.14. The van der Waals surface area contributed by atoms with Crippen molar-refractivity contribution in [3.8, 4) is 11.4 Å². The van der Waals surface area contributed by atoms with Gasteiger partial charge < -0.3 is 9.88 Å². The summed E-state index contributed by atoms with van der Waals surface area (Å²) in [4.78, 5) is 12.4. The molecule has 0 aliphatic heterocycles. The topological polar surface area (TPSA) is 59.8 Å². The Morgan fingerprint density at radius 2 is 1.79 bits per heavy atom. The lowest BCUT2D eigenvalue weighted by Gasteiger charge is -2.09. The number of hydrogen-bond donors (Lipinski definition) is 1. The lowest BCUT2D eigenvalue weighted by molar-refractivity contribution is -0.113. The van der Waals surface area contributed by atoms with E-state index in [2.05, 4.69) is 15.5 Å². The minimum atomic E-state index is -0.347. The summed E-state index contributed by atoms with van der Waals surface area (Å²) in [5.74, 6) is 0.161. The number of hydrogen-bond acceptors (Lipinski definition) is 4. The molecule has 1 heterocycles. The van der Waals surface area contributed by atoms with Crippen LogP contribution >= 0.6 is 11.8 Å². The number of halogens is 1. The Kier molecular flexibility index (Phi) is 5.57. The number of benzene rings is 3. The third kappa shape index (κ3) is 4.14. The number of thioether (sulfide) groups is 1. The van der Waals surface area contributed by atoms with Crippen LogP contribution in [0.5, 0.6) is 0 Å². The Hall–Kier alpha value is -3.19. The highest BCUT2D eigenvalue weighted by Crippen LogP contribution is 2.26. The van der Waals surface area contributed by atoms with Crippen molar-refractivity contribution in [3.63, 3.8) is 0 Å². The van der Waals surface area contributed by atoms with Gasteiger partial charge in [-0.15, -0.1) is 10.2 Å². The third-order valence-electron chi connectivity index (χ3n) is 4.51. The Balaban J connectivity index is 1.46. The summed E-state index contributed by atoms with van der Waals surface area (Å²) in [6, 6.07) is 20.3. The Bertz CT molecular complexity index is 1170. The van der Waals surface area contributed by atoms with Gasteiger partial charge in [-0.25, -0.2) is 4.39 Å². The van der Waals surface area contributed by atoms with Gasteiger partial charge in [0.05, 0.1) is 11.3 Å². The Labute approximate surface area is 172 Å². The van der Waals surface area contributed by atoms with E-state index in [0.717, 1.165) is 16.5 Å². The van der Waals surface area contributed by atoms with Gasteiger partial charge in [0.15, 0.2) is 11.0 Å². The fraction of sp³-hybridized carbons (Fsp3) is 0.136. The second-order valence-corrected chi connectivity index (χ2v) is 7.37. The van der Waals surface area contributed by atoms with E-state index >= 15 is 0 Å². The molecule has 5 nitrogen and oxygen atoms in total. The number of aromatic nitrogens is 3. The standard InChI is InChI=1S/C22H19FN4OS/c1-2-27-21(18-9-5-6-10-19(18)23)25-26-22(27)29-14-20(28)24-17-12-11-15-7-3-4-8-16(15)13-17/h3-13H,2,14H2,1H3,(H,24,28). The molecule has 0 aliphatic carbocycles. The molecule has 0 saturated heterocycles. The molecule has 0 atom stereocenters. The van der Waals surface area contributed by atoms with Crippen LogP contribution < -0.4 is 5.32 Å². The smallest absolute Gasteiger partial charge is 0.234 e. The van der Waals surface area contributed by atoms with Crippen molar-refractivity contribution in [1.29, 1.82) is 0 Å². The van der Waals surface area contributed by atoms with Crippen molar-refractivity contribution in [1.82, 2.24) is 14.8 Å². The van der Waals surface area contributed by atoms with Crippen LogP contribution in [-0.4, -0.2) is 26.4 Å². The largest absolute Gasteiger partial charge is 0.325 e. The molecule has 4 rings (SSSR count). The van der Waals surface area contributed by atoms with Gasteiger partial charge in [0.25, 0.3) is 0 Å². The molecule has 4 aromatic rings. The van der Waals surface area contributed by atoms with E-state index in [1.54, 1.807) is 18.2 Å². The maximum atomic E-state index is 14.1. The molecular weight excluding hydrogens is 387 g/mol. The molecule has 0 saturated carbocycles. The molecule has 0 spiro atoms. The molecule has 29 heavy (non-hydrogen) atoms. The molecule has 0 fully saturated rings. The summed E-state index contributed by atoms with van der Waals surface area (Å²) in [6.07, 6.45) is 0. The first-order valence-electron chi connectivity index (χ1n) is 9.25. The third-order valence-corrected chi connectivity index (χ3v) is 5.48. The highest BCUT2D eigenvalue weighted by atomic mass is 32.2. The SMILES string of the molecule is CCn1c(SCC(=O)Nc2ccc3ccccc3c2)nnc1-c1ccccc1F. The monoisotopic (exact) mass is 406 g/mol. The first kappa shape index (κ1) is 19.1. The first-order valence-corrected chi connectivity index (χ1v) is 10.2. The Morgan fingerprint density at radius 1 is 1.03 bits per heavy atom. The molecule has 0 unspecified atom stereocenters. The van der Waals surface area contributed by atoms with Crippen LogP contribution in [0.3, 0.4) is 0 Å². The number of fused-ring (bicyclic) bond motifs is 1. The number of nitrogens with one attached hydrogen (secondary N) is 1. The maximum Gasteiger partial charge on any atom is 0.234 e. The summed E-state index contributed by atoms with van der Waals surface area (Å²) in [5, 5.41) is 14.0. The molecule has 1 N–H and O–H groups in total. The summed E-state index contributed by atoms with van der Waals surface area (Å²) in [5.41, 5.74) is 1.15. The first-order chi connectivity index (χ1) is 14.2. The zero-order chi connectivity index (χ0) is 20.2. The molecule has 3 aromatic carbocycles. The summed E-state index contributed by atoms with van der Waals surface area (Å²) >= 11 is 1.28. The highest BCUT2D eigenvalue weighted by molar-refractivity contribution is 7.99. The van der Waals surface area contributed by atoms with E-state index in [1.165, 1.54) is 17.8 Å². The van der Waals surface area contributed by atoms with Crippen molar-refractivity contribution in [2.45, 2.75) is 18.6 Å². The van der Waals surface area contributed by atoms with E-state index in [4.69, 9.17) is 0 Å². The van der Waals surface area contributed by atoms with E-state index in [9.17, 15) is 9.18 Å². The number of carbonyl (C=O) groups is 1. The quantitative estimate of drug-likeness (QED) is 0.459. The number of amides is 1. The van der Waals surface area contributed by atoms with E-state index in [0.29, 0.717) is 23.1 Å². The van der Waals surface area contributed by atoms with E-state index < -0.39 is 0 Å². The van der Waals surface area contributed by atoms with Gasteiger partial charge in [-0.2, -0.15) is 0 Å². The molecule has 0 bridgehead atoms. The molecule has 0 radical (unpaired) electrons. The second kappa shape index (κ2) is 8.45. The van der Waals surface area contributed by atoms with E-state index in [1.807, 2.05) is 54.0 Å². The minimum absolute atomic E-state index is 0.136. The average molecular weight is 406 g/mol. The minimum Gasteiger partial charge on any atom is -0.325 e. The highest BCUT2D eigenvalue weighted by Gasteiger charge is 2.17.